The quantitative estimate of drug-likeness (QED) is 0.806. The summed E-state index contributed by atoms with van der Waals surface area (Å²) in [4.78, 5) is 0.643. The third-order valence-electron chi connectivity index (χ3n) is 3.40. The van der Waals surface area contributed by atoms with Crippen LogP contribution in [0.1, 0.15) is 11.1 Å². The molecule has 0 amide bonds. The molecule has 0 saturated heterocycles. The number of fused-ring (bicyclic) bond motifs is 1. The molecular formula is C15H13BrFNOS. The summed E-state index contributed by atoms with van der Waals surface area (Å²) in [5.41, 5.74) is 2.50. The molecule has 2 aromatic carbocycles. The lowest BCUT2D eigenvalue weighted by Crippen LogP contribution is -2.32. The third kappa shape index (κ3) is 2.85. The second-order valence-electron chi connectivity index (χ2n) is 4.73. The van der Waals surface area contributed by atoms with E-state index in [1.165, 1.54) is 23.3 Å². The Bertz CT molecular complexity index is 659. The van der Waals surface area contributed by atoms with Crippen molar-refractivity contribution in [2.24, 2.45) is 0 Å². The molecule has 0 N–H and O–H groups in total. The molecule has 5 heteroatoms. The molecular weight excluding hydrogens is 341 g/mol. The van der Waals surface area contributed by atoms with Gasteiger partial charge in [-0.2, -0.15) is 0 Å². The van der Waals surface area contributed by atoms with Crippen LogP contribution in [0.25, 0.3) is 0 Å². The molecule has 20 heavy (non-hydrogen) atoms. The summed E-state index contributed by atoms with van der Waals surface area (Å²) in [5, 5.41) is 0. The first-order valence-electron chi connectivity index (χ1n) is 6.33. The zero-order chi connectivity index (χ0) is 14.1. The molecule has 1 atom stereocenters. The molecule has 0 fully saturated rings. The molecule has 0 aromatic heterocycles. The fourth-order valence-electron chi connectivity index (χ4n) is 2.34. The van der Waals surface area contributed by atoms with Crippen molar-refractivity contribution in [2.45, 2.75) is 17.9 Å². The Labute approximate surface area is 128 Å². The predicted octanol–water partition coefficient (Wildman–Crippen LogP) is 3.67. The summed E-state index contributed by atoms with van der Waals surface area (Å²) in [6.45, 7) is 1.40. The van der Waals surface area contributed by atoms with Crippen molar-refractivity contribution in [3.05, 3.63) is 63.9 Å². The number of rotatable bonds is 2. The number of nitrogens with zero attached hydrogens (tertiary/aromatic N) is 1. The van der Waals surface area contributed by atoms with Gasteiger partial charge in [-0.15, -0.1) is 0 Å². The van der Waals surface area contributed by atoms with Crippen LogP contribution in [0.5, 0.6) is 0 Å². The van der Waals surface area contributed by atoms with Crippen LogP contribution in [-0.4, -0.2) is 15.1 Å². The third-order valence-corrected chi connectivity index (χ3v) is 5.34. The minimum absolute atomic E-state index is 0.307. The van der Waals surface area contributed by atoms with Crippen LogP contribution in [0.3, 0.4) is 0 Å². The molecule has 1 aliphatic heterocycles. The highest BCUT2D eigenvalue weighted by Crippen LogP contribution is 2.25. The summed E-state index contributed by atoms with van der Waals surface area (Å²) in [5.74, 6) is -0.307. The monoisotopic (exact) mass is 353 g/mol. The summed E-state index contributed by atoms with van der Waals surface area (Å²) >= 11 is 3.46. The van der Waals surface area contributed by atoms with Crippen LogP contribution in [0.2, 0.25) is 0 Å². The largest absolute Gasteiger partial charge is 0.237 e. The van der Waals surface area contributed by atoms with Crippen molar-refractivity contribution < 1.29 is 8.60 Å². The zero-order valence-corrected chi connectivity index (χ0v) is 13.1. The topological polar surface area (TPSA) is 20.3 Å². The zero-order valence-electron chi connectivity index (χ0n) is 10.7. The maximum atomic E-state index is 12.9. The molecule has 1 unspecified atom stereocenters. The van der Waals surface area contributed by atoms with Gasteiger partial charge in [0.15, 0.2) is 0 Å². The summed E-state index contributed by atoms with van der Waals surface area (Å²) in [6.07, 6.45) is 0.884. The normalized spacial score (nSPS) is 16.7. The van der Waals surface area contributed by atoms with Gasteiger partial charge in [0.2, 0.25) is 0 Å². The van der Waals surface area contributed by atoms with E-state index in [2.05, 4.69) is 28.1 Å². The predicted molar refractivity (Wildman–Crippen MR) is 81.1 cm³/mol. The second kappa shape index (κ2) is 5.76. The van der Waals surface area contributed by atoms with Crippen molar-refractivity contribution in [2.75, 3.05) is 6.54 Å². The van der Waals surface area contributed by atoms with Crippen LogP contribution < -0.4 is 0 Å². The van der Waals surface area contributed by atoms with Crippen molar-refractivity contribution in [1.82, 2.24) is 4.31 Å². The van der Waals surface area contributed by atoms with Gasteiger partial charge >= 0.3 is 0 Å². The molecule has 104 valence electrons. The Morgan fingerprint density at radius 1 is 1.10 bits per heavy atom. The second-order valence-corrected chi connectivity index (χ2v) is 7.13. The van der Waals surface area contributed by atoms with E-state index in [0.717, 1.165) is 17.4 Å². The molecule has 1 aliphatic rings. The van der Waals surface area contributed by atoms with Crippen LogP contribution in [-0.2, 0) is 24.0 Å². The maximum absolute atomic E-state index is 12.9. The maximum Gasteiger partial charge on any atom is 0.127 e. The Hall–Kier alpha value is -1.04. The Morgan fingerprint density at radius 2 is 1.85 bits per heavy atom. The Morgan fingerprint density at radius 3 is 2.60 bits per heavy atom. The fraction of sp³-hybridized carbons (Fsp3) is 0.200. The standard InChI is InChI=1S/C15H13BrFNOS/c16-13-2-1-11-7-8-18(10-12(11)9-13)20(19)15-5-3-14(17)4-6-15/h1-6,9H,7-8,10H2. The van der Waals surface area contributed by atoms with E-state index in [1.54, 1.807) is 12.1 Å². The first-order chi connectivity index (χ1) is 9.63. The minimum Gasteiger partial charge on any atom is -0.237 e. The average Bonchev–Trinajstić information content (AvgIpc) is 2.46. The van der Waals surface area contributed by atoms with Crippen LogP contribution >= 0.6 is 15.9 Å². The van der Waals surface area contributed by atoms with Gasteiger partial charge in [-0.1, -0.05) is 22.0 Å². The lowest BCUT2D eigenvalue weighted by molar-refractivity contribution is 0.420. The fourth-order valence-corrected chi connectivity index (χ4v) is 3.93. The van der Waals surface area contributed by atoms with Crippen LogP contribution in [0.15, 0.2) is 51.8 Å². The summed E-state index contributed by atoms with van der Waals surface area (Å²) in [7, 11) is -1.24. The molecule has 3 rings (SSSR count). The molecule has 0 spiro atoms. The van der Waals surface area contributed by atoms with Gasteiger partial charge in [0, 0.05) is 17.6 Å². The molecule has 0 radical (unpaired) electrons. The lowest BCUT2D eigenvalue weighted by atomic mass is 10.0. The van der Waals surface area contributed by atoms with Gasteiger partial charge in [-0.05, 0) is 53.9 Å². The smallest absolute Gasteiger partial charge is 0.127 e. The van der Waals surface area contributed by atoms with E-state index in [1.807, 2.05) is 10.4 Å². The van der Waals surface area contributed by atoms with Gasteiger partial charge in [0.05, 0.1) is 4.90 Å². The lowest BCUT2D eigenvalue weighted by Gasteiger charge is -2.27. The average molecular weight is 354 g/mol. The summed E-state index contributed by atoms with van der Waals surface area (Å²) in [6, 6.07) is 12.1. The molecule has 2 nitrogen and oxygen atoms in total. The number of hydrogen-bond acceptors (Lipinski definition) is 1. The first-order valence-corrected chi connectivity index (χ1v) is 8.23. The Kier molecular flexibility index (Phi) is 4.01. The molecule has 0 bridgehead atoms. The highest BCUT2D eigenvalue weighted by Gasteiger charge is 2.21. The van der Waals surface area contributed by atoms with E-state index in [4.69, 9.17) is 0 Å². The van der Waals surface area contributed by atoms with Crippen molar-refractivity contribution in [3.8, 4) is 0 Å². The van der Waals surface area contributed by atoms with Crippen molar-refractivity contribution in [3.63, 3.8) is 0 Å². The highest BCUT2D eigenvalue weighted by molar-refractivity contribution is 9.10. The molecule has 0 saturated carbocycles. The summed E-state index contributed by atoms with van der Waals surface area (Å²) < 4.78 is 28.4. The van der Waals surface area contributed by atoms with Gasteiger partial charge in [-0.25, -0.2) is 12.9 Å². The van der Waals surface area contributed by atoms with E-state index in [0.29, 0.717) is 11.4 Å². The molecule has 2 aromatic rings. The molecule has 0 aliphatic carbocycles. The first kappa shape index (κ1) is 13.9. The van der Waals surface area contributed by atoms with Crippen molar-refractivity contribution in [1.29, 1.82) is 0 Å². The highest BCUT2D eigenvalue weighted by atomic mass is 79.9. The van der Waals surface area contributed by atoms with Crippen molar-refractivity contribution >= 4 is 26.9 Å². The van der Waals surface area contributed by atoms with E-state index >= 15 is 0 Å². The van der Waals surface area contributed by atoms with E-state index in [9.17, 15) is 8.60 Å². The van der Waals surface area contributed by atoms with Gasteiger partial charge < -0.3 is 0 Å². The Balaban J connectivity index is 1.82. The van der Waals surface area contributed by atoms with Gasteiger partial charge in [0.1, 0.15) is 16.8 Å². The van der Waals surface area contributed by atoms with E-state index < -0.39 is 11.0 Å². The number of halogens is 2. The van der Waals surface area contributed by atoms with Crippen LogP contribution in [0, 0.1) is 5.82 Å². The van der Waals surface area contributed by atoms with Gasteiger partial charge in [-0.3, -0.25) is 0 Å². The van der Waals surface area contributed by atoms with E-state index in [-0.39, 0.29) is 5.82 Å². The number of benzene rings is 2. The van der Waals surface area contributed by atoms with Crippen LogP contribution in [0.4, 0.5) is 4.39 Å². The number of hydrogen-bond donors (Lipinski definition) is 0. The SMILES string of the molecule is O=S(c1ccc(F)cc1)N1CCc2ccc(Br)cc2C1. The van der Waals surface area contributed by atoms with Gasteiger partial charge in [0.25, 0.3) is 0 Å². The molecule has 1 heterocycles. The minimum atomic E-state index is -1.24.